The largest absolute Gasteiger partial charge is 0.604 e. The molecule has 1 atom stereocenters. The monoisotopic (exact) mass is 401 g/mol. The third-order valence-electron chi connectivity index (χ3n) is 3.95. The van der Waals surface area contributed by atoms with Crippen molar-refractivity contribution in [2.24, 2.45) is 0 Å². The maximum Gasteiger partial charge on any atom is 0.325 e. The van der Waals surface area contributed by atoms with Gasteiger partial charge in [0.25, 0.3) is 5.91 Å². The van der Waals surface area contributed by atoms with Crippen LogP contribution >= 0.6 is 11.3 Å². The van der Waals surface area contributed by atoms with Gasteiger partial charge in [-0.3, -0.25) is 14.9 Å². The van der Waals surface area contributed by atoms with E-state index >= 15 is 0 Å². The highest BCUT2D eigenvalue weighted by molar-refractivity contribution is 7.93. The van der Waals surface area contributed by atoms with Gasteiger partial charge in [-0.25, -0.2) is 0 Å². The van der Waals surface area contributed by atoms with Crippen LogP contribution in [-0.4, -0.2) is 27.4 Å². The van der Waals surface area contributed by atoms with Gasteiger partial charge < -0.3 is 9.45 Å². The van der Waals surface area contributed by atoms with Crippen molar-refractivity contribution in [2.45, 2.75) is 16.2 Å². The van der Waals surface area contributed by atoms with Gasteiger partial charge >= 0.3 is 10.0 Å². The van der Waals surface area contributed by atoms with Gasteiger partial charge in [-0.05, 0) is 24.6 Å². The Balaban J connectivity index is 1.98. The van der Waals surface area contributed by atoms with Crippen LogP contribution in [0.25, 0.3) is 0 Å². The van der Waals surface area contributed by atoms with E-state index in [1.807, 2.05) is 25.1 Å². The van der Waals surface area contributed by atoms with E-state index in [0.717, 1.165) is 23.0 Å². The average molecular weight is 401 g/mol. The van der Waals surface area contributed by atoms with Crippen molar-refractivity contribution in [1.29, 1.82) is 0 Å². The smallest absolute Gasteiger partial charge is 0.325 e. The molecule has 0 saturated heterocycles. The lowest BCUT2D eigenvalue weighted by molar-refractivity contribution is -0.387. The number of nitro benzene ring substituents is 1. The maximum atomic E-state index is 12.8. The first-order valence-corrected chi connectivity index (χ1v) is 9.86. The first-order valence-electron chi connectivity index (χ1n) is 7.83. The summed E-state index contributed by atoms with van der Waals surface area (Å²) in [6.07, 6.45) is 1.48. The number of carbonyl (C=O) groups excluding carboxylic acids is 1. The summed E-state index contributed by atoms with van der Waals surface area (Å²) < 4.78 is 12.8. The zero-order chi connectivity index (χ0) is 19.6. The van der Waals surface area contributed by atoms with Gasteiger partial charge in [0, 0.05) is 42.0 Å². The molecule has 3 aromatic rings. The molecule has 1 unspecified atom stereocenters. The molecule has 0 aliphatic heterocycles. The summed E-state index contributed by atoms with van der Waals surface area (Å²) in [7, 11) is 1.61. The molecule has 0 N–H and O–H groups in total. The van der Waals surface area contributed by atoms with E-state index in [4.69, 9.17) is 0 Å². The molecule has 0 fully saturated rings. The molecule has 7 nitrogen and oxygen atoms in total. The van der Waals surface area contributed by atoms with Crippen molar-refractivity contribution in [3.05, 3.63) is 75.3 Å². The number of aryl methyl sites for hydroxylation is 1. The van der Waals surface area contributed by atoms with Crippen molar-refractivity contribution < 1.29 is 14.3 Å². The highest BCUT2D eigenvalue weighted by atomic mass is 32.2. The molecular formula is C18H15N3O4S2. The number of nitrogens with zero attached hydrogens (tertiary/aromatic N) is 3. The summed E-state index contributed by atoms with van der Waals surface area (Å²) in [6, 6.07) is 11.3. The second-order valence-corrected chi connectivity index (χ2v) is 8.17. The summed E-state index contributed by atoms with van der Waals surface area (Å²) in [6.45, 7) is 1.88. The van der Waals surface area contributed by atoms with Crippen LogP contribution in [0.5, 0.6) is 0 Å². The number of nitro groups is 1. The number of hydrogen-bond acceptors (Lipinski definition) is 6. The van der Waals surface area contributed by atoms with Crippen molar-refractivity contribution in [3.63, 3.8) is 0 Å². The summed E-state index contributed by atoms with van der Waals surface area (Å²) in [4.78, 5) is 29.1. The van der Waals surface area contributed by atoms with Crippen LogP contribution in [0.1, 0.15) is 15.9 Å². The van der Waals surface area contributed by atoms with Gasteiger partial charge in [0.15, 0.2) is 0 Å². The Kier molecular flexibility index (Phi) is 5.54. The lowest BCUT2D eigenvalue weighted by Gasteiger charge is -2.19. The first-order chi connectivity index (χ1) is 12.9. The van der Waals surface area contributed by atoms with Crippen LogP contribution in [0.2, 0.25) is 0 Å². The molecular weight excluding hydrogens is 386 g/mol. The zero-order valence-corrected chi connectivity index (χ0v) is 16.1. The number of amides is 1. The minimum Gasteiger partial charge on any atom is -0.604 e. The Morgan fingerprint density at radius 3 is 2.63 bits per heavy atom. The Bertz CT molecular complexity index is 992. The fraction of sp³-hybridized carbons (Fsp3) is 0.111. The van der Waals surface area contributed by atoms with Crippen LogP contribution < -0.4 is 4.90 Å². The van der Waals surface area contributed by atoms with Crippen LogP contribution in [0.3, 0.4) is 0 Å². The van der Waals surface area contributed by atoms with E-state index in [2.05, 4.69) is 4.98 Å². The van der Waals surface area contributed by atoms with Gasteiger partial charge in [0.1, 0.15) is 0 Å². The number of carbonyl (C=O) groups is 1. The maximum absolute atomic E-state index is 12.8. The molecule has 0 saturated carbocycles. The number of anilines is 1. The second-order valence-electron chi connectivity index (χ2n) is 5.66. The molecule has 0 radical (unpaired) electrons. The average Bonchev–Trinajstić information content (AvgIpc) is 3.21. The molecule has 27 heavy (non-hydrogen) atoms. The van der Waals surface area contributed by atoms with Crippen LogP contribution in [0, 0.1) is 17.0 Å². The molecule has 0 spiro atoms. The van der Waals surface area contributed by atoms with E-state index < -0.39 is 16.1 Å². The third-order valence-corrected chi connectivity index (χ3v) is 6.43. The molecule has 1 aromatic heterocycles. The van der Waals surface area contributed by atoms with E-state index in [1.54, 1.807) is 18.5 Å². The molecule has 9 heteroatoms. The molecule has 138 valence electrons. The SMILES string of the molecule is Cc1ccccc1N(C)C(=O)c1ccc([S+]([O-])c2nccs2)c([N+](=O)[O-])c1. The molecule has 1 heterocycles. The van der Waals surface area contributed by atoms with Crippen molar-refractivity contribution in [3.8, 4) is 0 Å². The van der Waals surface area contributed by atoms with Crippen LogP contribution in [0.15, 0.2) is 63.3 Å². The zero-order valence-electron chi connectivity index (χ0n) is 14.5. The highest BCUT2D eigenvalue weighted by Gasteiger charge is 2.30. The van der Waals surface area contributed by atoms with E-state index in [0.29, 0.717) is 5.69 Å². The number of benzene rings is 2. The van der Waals surface area contributed by atoms with Crippen LogP contribution in [-0.2, 0) is 11.2 Å². The summed E-state index contributed by atoms with van der Waals surface area (Å²) >= 11 is -0.627. The molecule has 2 aromatic carbocycles. The predicted octanol–water partition coefficient (Wildman–Crippen LogP) is 3.80. The number of rotatable bonds is 5. The molecule has 1 amide bonds. The van der Waals surface area contributed by atoms with Gasteiger partial charge in [-0.15, -0.1) is 0 Å². The minimum atomic E-state index is -1.78. The van der Waals surface area contributed by atoms with Gasteiger partial charge in [0.05, 0.1) is 16.1 Å². The predicted molar refractivity (Wildman–Crippen MR) is 104 cm³/mol. The summed E-state index contributed by atoms with van der Waals surface area (Å²) in [5.74, 6) is -0.390. The Hall–Kier alpha value is -2.75. The molecule has 3 rings (SSSR count). The van der Waals surface area contributed by atoms with Gasteiger partial charge in [0.2, 0.25) is 4.90 Å². The van der Waals surface area contributed by atoms with Gasteiger partial charge in [-0.1, -0.05) is 29.5 Å². The highest BCUT2D eigenvalue weighted by Crippen LogP contribution is 2.31. The van der Waals surface area contributed by atoms with E-state index in [9.17, 15) is 19.5 Å². The molecule has 0 aliphatic carbocycles. The number of para-hydroxylation sites is 1. The standard InChI is InChI=1S/C18H15N3O4S2/c1-12-5-3-4-6-14(12)20(2)17(22)13-7-8-16(15(11-13)21(23)24)27(25)18-19-9-10-26-18/h3-11H,1-2H3. The molecule has 0 bridgehead atoms. The summed E-state index contributed by atoms with van der Waals surface area (Å²) in [5.41, 5.74) is 1.39. The Labute approximate surface area is 162 Å². The number of thiazole rings is 1. The van der Waals surface area contributed by atoms with Crippen molar-refractivity contribution >= 4 is 39.8 Å². The topological polar surface area (TPSA) is 99.4 Å². The fourth-order valence-electron chi connectivity index (χ4n) is 2.59. The van der Waals surface area contributed by atoms with E-state index in [1.165, 1.54) is 23.2 Å². The lowest BCUT2D eigenvalue weighted by Crippen LogP contribution is -2.27. The normalized spacial score (nSPS) is 11.8. The Morgan fingerprint density at radius 1 is 1.26 bits per heavy atom. The van der Waals surface area contributed by atoms with Crippen molar-refractivity contribution in [1.82, 2.24) is 4.98 Å². The number of aromatic nitrogens is 1. The summed E-state index contributed by atoms with van der Waals surface area (Å²) in [5, 5.41) is 13.1. The van der Waals surface area contributed by atoms with Crippen LogP contribution in [0.4, 0.5) is 11.4 Å². The van der Waals surface area contributed by atoms with E-state index in [-0.39, 0.29) is 26.4 Å². The minimum absolute atomic E-state index is 0.0186. The number of hydrogen-bond donors (Lipinski definition) is 0. The second kappa shape index (κ2) is 7.87. The lowest BCUT2D eigenvalue weighted by atomic mass is 10.1. The first kappa shape index (κ1) is 19.0. The van der Waals surface area contributed by atoms with Crippen molar-refractivity contribution in [2.75, 3.05) is 11.9 Å². The van der Waals surface area contributed by atoms with Gasteiger partial charge in [-0.2, -0.15) is 4.98 Å². The quantitative estimate of drug-likeness (QED) is 0.368. The Morgan fingerprint density at radius 2 is 2.00 bits per heavy atom. The third kappa shape index (κ3) is 3.85. The molecule has 0 aliphatic rings. The fourth-order valence-corrected chi connectivity index (χ4v) is 4.59.